The fourth-order valence-electron chi connectivity index (χ4n) is 1.20. The lowest BCUT2D eigenvalue weighted by Crippen LogP contribution is -2.38. The molecule has 0 saturated heterocycles. The Morgan fingerprint density at radius 2 is 1.69 bits per heavy atom. The Morgan fingerprint density at radius 3 is 2.08 bits per heavy atom. The molecule has 0 radical (unpaired) electrons. The van der Waals surface area contributed by atoms with Crippen LogP contribution in [0.3, 0.4) is 0 Å². The highest BCUT2D eigenvalue weighted by atomic mass is 16.2. The van der Waals surface area contributed by atoms with Gasteiger partial charge >= 0.3 is 0 Å². The van der Waals surface area contributed by atoms with Crippen molar-refractivity contribution in [3.05, 3.63) is 26.0 Å². The van der Waals surface area contributed by atoms with Gasteiger partial charge in [0, 0.05) is 5.56 Å². The molecule has 0 spiro atoms. The molecule has 13 heavy (non-hydrogen) atoms. The van der Waals surface area contributed by atoms with Gasteiger partial charge in [0.1, 0.15) is 0 Å². The van der Waals surface area contributed by atoms with Gasteiger partial charge in [-0.25, -0.2) is 0 Å². The summed E-state index contributed by atoms with van der Waals surface area (Å²) in [7, 11) is 0. The van der Waals surface area contributed by atoms with E-state index in [-0.39, 0.29) is 16.5 Å². The van der Waals surface area contributed by atoms with Crippen molar-refractivity contribution in [2.24, 2.45) is 5.41 Å². The third kappa shape index (κ3) is 1.97. The Labute approximate surface area is 77.3 Å². The van der Waals surface area contributed by atoms with E-state index < -0.39 is 5.43 Å². The van der Waals surface area contributed by atoms with Gasteiger partial charge < -0.3 is 5.73 Å². The first-order chi connectivity index (χ1) is 5.83. The molecule has 0 unspecified atom stereocenters. The SMILES string of the molecule is CC(C)(C)CCc1c(N)c(=O)c1=O. The van der Waals surface area contributed by atoms with E-state index in [9.17, 15) is 9.59 Å². The van der Waals surface area contributed by atoms with Crippen LogP contribution in [-0.4, -0.2) is 0 Å². The largest absolute Gasteiger partial charge is 0.395 e. The van der Waals surface area contributed by atoms with Crippen LogP contribution in [0.2, 0.25) is 0 Å². The average molecular weight is 181 g/mol. The summed E-state index contributed by atoms with van der Waals surface area (Å²) in [5.74, 6) is 0. The Balaban J connectivity index is 2.68. The molecular formula is C10H15NO2. The molecule has 0 aliphatic carbocycles. The maximum Gasteiger partial charge on any atom is 0.249 e. The summed E-state index contributed by atoms with van der Waals surface area (Å²) in [6.07, 6.45) is 1.50. The van der Waals surface area contributed by atoms with Crippen LogP contribution in [0.15, 0.2) is 9.59 Å². The van der Waals surface area contributed by atoms with Crippen LogP contribution in [0.25, 0.3) is 0 Å². The minimum absolute atomic E-state index is 0.173. The zero-order chi connectivity index (χ0) is 10.2. The molecule has 1 aromatic carbocycles. The zero-order valence-corrected chi connectivity index (χ0v) is 8.31. The predicted molar refractivity (Wildman–Crippen MR) is 53.5 cm³/mol. The van der Waals surface area contributed by atoms with E-state index in [0.717, 1.165) is 6.42 Å². The van der Waals surface area contributed by atoms with Crippen LogP contribution >= 0.6 is 0 Å². The molecule has 3 heteroatoms. The van der Waals surface area contributed by atoms with Crippen molar-refractivity contribution in [3.8, 4) is 0 Å². The Bertz CT molecular complexity index is 378. The highest BCUT2D eigenvalue weighted by Gasteiger charge is 2.19. The standard InChI is InChI=1S/C10H15NO2/c1-10(2,3)5-4-6-7(11)9(13)8(6)12/h4-5,11H2,1-3H3. The molecule has 0 bridgehead atoms. The molecule has 0 atom stereocenters. The quantitative estimate of drug-likeness (QED) is 0.688. The second-order valence-corrected chi connectivity index (χ2v) is 4.61. The van der Waals surface area contributed by atoms with Gasteiger partial charge in [0.2, 0.25) is 10.9 Å². The smallest absolute Gasteiger partial charge is 0.249 e. The summed E-state index contributed by atoms with van der Waals surface area (Å²) in [5, 5.41) is 0. The van der Waals surface area contributed by atoms with E-state index in [0.29, 0.717) is 12.0 Å². The second-order valence-electron chi connectivity index (χ2n) is 4.61. The molecule has 0 aliphatic heterocycles. The maximum atomic E-state index is 11.0. The van der Waals surface area contributed by atoms with Gasteiger partial charge in [-0.05, 0) is 18.3 Å². The lowest BCUT2D eigenvalue weighted by atomic mass is 9.87. The Morgan fingerprint density at radius 1 is 1.15 bits per heavy atom. The first-order valence-corrected chi connectivity index (χ1v) is 4.40. The van der Waals surface area contributed by atoms with E-state index in [4.69, 9.17) is 5.73 Å². The molecule has 0 amide bonds. The van der Waals surface area contributed by atoms with Crippen molar-refractivity contribution in [1.82, 2.24) is 0 Å². The maximum absolute atomic E-state index is 11.0. The Kier molecular flexibility index (Phi) is 2.28. The van der Waals surface area contributed by atoms with Crippen molar-refractivity contribution >= 4 is 5.69 Å². The highest BCUT2D eigenvalue weighted by molar-refractivity contribution is 5.52. The third-order valence-electron chi connectivity index (χ3n) is 2.18. The van der Waals surface area contributed by atoms with Gasteiger partial charge in [-0.1, -0.05) is 20.8 Å². The molecule has 1 rings (SSSR count). The fraction of sp³-hybridized carbons (Fsp3) is 0.600. The number of rotatable bonds is 2. The normalized spacial score (nSPS) is 12.2. The highest BCUT2D eigenvalue weighted by Crippen LogP contribution is 2.21. The minimum Gasteiger partial charge on any atom is -0.395 e. The van der Waals surface area contributed by atoms with Crippen LogP contribution in [0.5, 0.6) is 0 Å². The molecular weight excluding hydrogens is 166 g/mol. The van der Waals surface area contributed by atoms with Crippen LogP contribution in [0.1, 0.15) is 32.8 Å². The van der Waals surface area contributed by atoms with Crippen molar-refractivity contribution in [1.29, 1.82) is 0 Å². The number of hydrogen-bond acceptors (Lipinski definition) is 3. The number of hydrogen-bond donors (Lipinski definition) is 1. The molecule has 1 aromatic rings. The number of nitrogen functional groups attached to an aromatic ring is 1. The van der Waals surface area contributed by atoms with E-state index in [2.05, 4.69) is 20.8 Å². The molecule has 0 aliphatic rings. The summed E-state index contributed by atoms with van der Waals surface area (Å²) >= 11 is 0. The zero-order valence-electron chi connectivity index (χ0n) is 8.31. The molecule has 2 N–H and O–H groups in total. The monoisotopic (exact) mass is 181 g/mol. The van der Waals surface area contributed by atoms with Crippen LogP contribution in [0.4, 0.5) is 5.69 Å². The van der Waals surface area contributed by atoms with E-state index in [1.165, 1.54) is 0 Å². The van der Waals surface area contributed by atoms with Crippen molar-refractivity contribution in [2.45, 2.75) is 33.6 Å². The summed E-state index contributed by atoms with van der Waals surface area (Å²) in [4.78, 5) is 21.8. The first-order valence-electron chi connectivity index (χ1n) is 4.40. The van der Waals surface area contributed by atoms with Gasteiger partial charge in [0.05, 0.1) is 5.69 Å². The minimum atomic E-state index is -0.510. The summed E-state index contributed by atoms with van der Waals surface area (Å²) in [5.41, 5.74) is 5.37. The molecule has 0 heterocycles. The molecule has 0 aromatic heterocycles. The van der Waals surface area contributed by atoms with Crippen molar-refractivity contribution in [2.75, 3.05) is 5.73 Å². The van der Waals surface area contributed by atoms with E-state index in [1.807, 2.05) is 0 Å². The fourth-order valence-corrected chi connectivity index (χ4v) is 1.20. The number of nitrogens with two attached hydrogens (primary N) is 1. The van der Waals surface area contributed by atoms with E-state index >= 15 is 0 Å². The van der Waals surface area contributed by atoms with Crippen LogP contribution < -0.4 is 16.6 Å². The first kappa shape index (κ1) is 9.96. The van der Waals surface area contributed by atoms with Crippen molar-refractivity contribution in [3.63, 3.8) is 0 Å². The topological polar surface area (TPSA) is 60.2 Å². The van der Waals surface area contributed by atoms with Gasteiger partial charge in [-0.3, -0.25) is 9.59 Å². The molecule has 0 saturated carbocycles. The predicted octanol–water partition coefficient (Wildman–Crippen LogP) is 0.844. The summed E-state index contributed by atoms with van der Waals surface area (Å²) < 4.78 is 0. The molecule has 0 fully saturated rings. The van der Waals surface area contributed by atoms with Crippen molar-refractivity contribution < 1.29 is 0 Å². The van der Waals surface area contributed by atoms with Gasteiger partial charge in [-0.2, -0.15) is 0 Å². The lowest BCUT2D eigenvalue weighted by Gasteiger charge is -2.18. The third-order valence-corrected chi connectivity index (χ3v) is 2.18. The molecule has 72 valence electrons. The van der Waals surface area contributed by atoms with E-state index in [1.54, 1.807) is 0 Å². The van der Waals surface area contributed by atoms with Gasteiger partial charge in [0.25, 0.3) is 0 Å². The van der Waals surface area contributed by atoms with Gasteiger partial charge in [0.15, 0.2) is 0 Å². The van der Waals surface area contributed by atoms with Gasteiger partial charge in [-0.15, -0.1) is 0 Å². The average Bonchev–Trinajstić information content (AvgIpc) is 2.01. The Hall–Kier alpha value is -1.12. The summed E-state index contributed by atoms with van der Waals surface area (Å²) in [6, 6.07) is 0. The second kappa shape index (κ2) is 2.98. The van der Waals surface area contributed by atoms with Crippen LogP contribution in [-0.2, 0) is 6.42 Å². The summed E-state index contributed by atoms with van der Waals surface area (Å²) in [6.45, 7) is 6.28. The lowest BCUT2D eigenvalue weighted by molar-refractivity contribution is 0.377. The molecule has 3 nitrogen and oxygen atoms in total. The van der Waals surface area contributed by atoms with Crippen LogP contribution in [0, 0.1) is 5.41 Å². The number of anilines is 1.